The van der Waals surface area contributed by atoms with Crippen LogP contribution in [0.15, 0.2) is 23.1 Å². The van der Waals surface area contributed by atoms with Gasteiger partial charge < -0.3 is 20.7 Å². The first kappa shape index (κ1) is 17.4. The van der Waals surface area contributed by atoms with Gasteiger partial charge in [0.1, 0.15) is 0 Å². The summed E-state index contributed by atoms with van der Waals surface area (Å²) >= 11 is 0. The maximum absolute atomic E-state index is 12.5. The highest BCUT2D eigenvalue weighted by atomic mass is 32.2. The normalized spacial score (nSPS) is 11.8. The second kappa shape index (κ2) is 7.36. The van der Waals surface area contributed by atoms with Crippen LogP contribution in [-0.4, -0.2) is 62.3 Å². The first-order valence-electron chi connectivity index (χ1n) is 6.07. The Labute approximate surface area is 122 Å². The molecule has 0 aliphatic heterocycles. The van der Waals surface area contributed by atoms with Crippen molar-refractivity contribution < 1.29 is 28.2 Å². The van der Waals surface area contributed by atoms with Gasteiger partial charge in [0.05, 0.1) is 23.7 Å². The van der Waals surface area contributed by atoms with Gasteiger partial charge in [-0.15, -0.1) is 0 Å². The maximum Gasteiger partial charge on any atom is 0.337 e. The fraction of sp³-hybridized carbons (Fsp3) is 0.417. The summed E-state index contributed by atoms with van der Waals surface area (Å²) < 4.78 is 30.8. The summed E-state index contributed by atoms with van der Waals surface area (Å²) in [6.07, 6.45) is 0. The Morgan fingerprint density at radius 3 is 2.57 bits per heavy atom. The number of carbonyl (C=O) groups is 1. The van der Waals surface area contributed by atoms with Gasteiger partial charge in [-0.1, -0.05) is 0 Å². The molecule has 0 aliphatic carbocycles. The third-order valence-corrected chi connectivity index (χ3v) is 4.70. The SMILES string of the molecule is COCCN(CCO)S(=O)(=O)c1ccc(N)cc1C(=O)O. The van der Waals surface area contributed by atoms with E-state index in [-0.39, 0.29) is 36.9 Å². The van der Waals surface area contributed by atoms with Crippen molar-refractivity contribution in [3.8, 4) is 0 Å². The van der Waals surface area contributed by atoms with E-state index in [2.05, 4.69) is 0 Å². The number of nitrogens with zero attached hydrogens (tertiary/aromatic N) is 1. The van der Waals surface area contributed by atoms with Crippen molar-refractivity contribution in [2.75, 3.05) is 39.1 Å². The average Bonchev–Trinajstić information content (AvgIpc) is 2.42. The Morgan fingerprint density at radius 1 is 1.38 bits per heavy atom. The summed E-state index contributed by atoms with van der Waals surface area (Å²) in [5.41, 5.74) is 5.23. The summed E-state index contributed by atoms with van der Waals surface area (Å²) in [4.78, 5) is 10.8. The molecule has 1 rings (SSSR count). The zero-order valence-corrected chi connectivity index (χ0v) is 12.3. The summed E-state index contributed by atoms with van der Waals surface area (Å²) in [6.45, 7) is -0.422. The topological polar surface area (TPSA) is 130 Å². The van der Waals surface area contributed by atoms with Crippen LogP contribution < -0.4 is 5.73 Å². The highest BCUT2D eigenvalue weighted by Crippen LogP contribution is 2.22. The largest absolute Gasteiger partial charge is 0.478 e. The Bertz CT molecular complexity index is 602. The van der Waals surface area contributed by atoms with Gasteiger partial charge in [0.2, 0.25) is 10.0 Å². The van der Waals surface area contributed by atoms with Crippen LogP contribution in [0.25, 0.3) is 0 Å². The average molecular weight is 318 g/mol. The van der Waals surface area contributed by atoms with E-state index >= 15 is 0 Å². The van der Waals surface area contributed by atoms with E-state index in [0.717, 1.165) is 16.4 Å². The zero-order chi connectivity index (χ0) is 16.0. The number of nitrogen functional groups attached to an aromatic ring is 1. The number of ether oxygens (including phenoxy) is 1. The molecule has 9 heteroatoms. The highest BCUT2D eigenvalue weighted by Gasteiger charge is 2.28. The molecule has 0 unspecified atom stereocenters. The van der Waals surface area contributed by atoms with Gasteiger partial charge in [-0.25, -0.2) is 13.2 Å². The molecule has 0 aliphatic rings. The molecule has 8 nitrogen and oxygen atoms in total. The van der Waals surface area contributed by atoms with Crippen LogP contribution in [0.5, 0.6) is 0 Å². The number of hydrogen-bond donors (Lipinski definition) is 3. The lowest BCUT2D eigenvalue weighted by Gasteiger charge is -2.22. The molecule has 118 valence electrons. The number of aliphatic hydroxyl groups is 1. The van der Waals surface area contributed by atoms with Crippen LogP contribution in [0, 0.1) is 0 Å². The lowest BCUT2D eigenvalue weighted by Crippen LogP contribution is -2.36. The summed E-state index contributed by atoms with van der Waals surface area (Å²) in [7, 11) is -2.66. The molecule has 0 atom stereocenters. The van der Waals surface area contributed by atoms with E-state index < -0.39 is 21.6 Å². The predicted molar refractivity (Wildman–Crippen MR) is 75.5 cm³/mol. The van der Waals surface area contributed by atoms with Crippen LogP contribution in [0.1, 0.15) is 10.4 Å². The smallest absolute Gasteiger partial charge is 0.337 e. The Kier molecular flexibility index (Phi) is 6.09. The van der Waals surface area contributed by atoms with Crippen molar-refractivity contribution in [2.45, 2.75) is 4.90 Å². The van der Waals surface area contributed by atoms with E-state index in [1.54, 1.807) is 0 Å². The van der Waals surface area contributed by atoms with E-state index in [1.165, 1.54) is 13.2 Å². The number of benzene rings is 1. The number of aliphatic hydroxyl groups excluding tert-OH is 1. The van der Waals surface area contributed by atoms with Gasteiger partial charge in [0, 0.05) is 25.9 Å². The fourth-order valence-corrected chi connectivity index (χ4v) is 3.31. The molecular weight excluding hydrogens is 300 g/mol. The molecule has 0 spiro atoms. The summed E-state index contributed by atoms with van der Waals surface area (Å²) in [5, 5.41) is 18.1. The lowest BCUT2D eigenvalue weighted by atomic mass is 10.2. The van der Waals surface area contributed by atoms with Gasteiger partial charge in [0.25, 0.3) is 0 Å². The number of hydrogen-bond acceptors (Lipinski definition) is 6. The molecule has 0 saturated heterocycles. The van der Waals surface area contributed by atoms with Crippen molar-refractivity contribution in [1.82, 2.24) is 4.31 Å². The van der Waals surface area contributed by atoms with Gasteiger partial charge in [0.15, 0.2) is 0 Å². The van der Waals surface area contributed by atoms with Crippen molar-refractivity contribution in [2.24, 2.45) is 0 Å². The number of nitrogens with two attached hydrogens (primary N) is 1. The van der Waals surface area contributed by atoms with Crippen LogP contribution in [0.2, 0.25) is 0 Å². The quantitative estimate of drug-likeness (QED) is 0.556. The second-order valence-electron chi connectivity index (χ2n) is 4.18. The molecule has 21 heavy (non-hydrogen) atoms. The molecule has 0 amide bonds. The monoisotopic (exact) mass is 318 g/mol. The van der Waals surface area contributed by atoms with E-state index in [1.807, 2.05) is 0 Å². The van der Waals surface area contributed by atoms with Gasteiger partial charge >= 0.3 is 5.97 Å². The first-order chi connectivity index (χ1) is 9.84. The fourth-order valence-electron chi connectivity index (χ4n) is 1.74. The number of carboxylic acid groups (broad SMARTS) is 1. The Morgan fingerprint density at radius 2 is 2.05 bits per heavy atom. The lowest BCUT2D eigenvalue weighted by molar-refractivity contribution is 0.0692. The van der Waals surface area contributed by atoms with Crippen LogP contribution in [-0.2, 0) is 14.8 Å². The molecule has 0 aromatic heterocycles. The summed E-state index contributed by atoms with van der Waals surface area (Å²) in [5.74, 6) is -1.39. The number of methoxy groups -OCH3 is 1. The molecule has 0 fully saturated rings. The van der Waals surface area contributed by atoms with E-state index in [0.29, 0.717) is 0 Å². The molecule has 0 saturated carbocycles. The number of anilines is 1. The first-order valence-corrected chi connectivity index (χ1v) is 7.51. The van der Waals surface area contributed by atoms with Crippen molar-refractivity contribution in [1.29, 1.82) is 0 Å². The third kappa shape index (κ3) is 4.14. The minimum atomic E-state index is -4.07. The molecule has 1 aromatic carbocycles. The standard InChI is InChI=1S/C12H18N2O6S/c1-20-7-5-14(4-6-15)21(18,19)11-3-2-9(13)8-10(11)12(16)17/h2-3,8,15H,4-7,13H2,1H3,(H,16,17). The molecule has 0 bridgehead atoms. The second-order valence-corrected chi connectivity index (χ2v) is 6.09. The minimum Gasteiger partial charge on any atom is -0.478 e. The van der Waals surface area contributed by atoms with Gasteiger partial charge in [-0.05, 0) is 18.2 Å². The van der Waals surface area contributed by atoms with Crippen molar-refractivity contribution in [3.63, 3.8) is 0 Å². The number of carboxylic acids is 1. The number of aromatic carboxylic acids is 1. The Hall–Kier alpha value is -1.68. The number of sulfonamides is 1. The van der Waals surface area contributed by atoms with Crippen LogP contribution >= 0.6 is 0 Å². The van der Waals surface area contributed by atoms with Gasteiger partial charge in [-0.3, -0.25) is 0 Å². The van der Waals surface area contributed by atoms with E-state index in [9.17, 15) is 13.2 Å². The Balaban J connectivity index is 3.30. The zero-order valence-electron chi connectivity index (χ0n) is 11.5. The molecule has 1 aromatic rings. The predicted octanol–water partition coefficient (Wildman–Crippen LogP) is -0.404. The molecule has 4 N–H and O–H groups in total. The van der Waals surface area contributed by atoms with Gasteiger partial charge in [-0.2, -0.15) is 4.31 Å². The van der Waals surface area contributed by atoms with Crippen LogP contribution in [0.4, 0.5) is 5.69 Å². The van der Waals surface area contributed by atoms with E-state index in [4.69, 9.17) is 20.7 Å². The van der Waals surface area contributed by atoms with Crippen molar-refractivity contribution >= 4 is 21.7 Å². The minimum absolute atomic E-state index is 0.00281. The summed E-state index contributed by atoms with van der Waals surface area (Å²) in [6, 6.07) is 3.54. The molecule has 0 heterocycles. The van der Waals surface area contributed by atoms with Crippen molar-refractivity contribution in [3.05, 3.63) is 23.8 Å². The maximum atomic E-state index is 12.5. The molecule has 0 radical (unpaired) electrons. The van der Waals surface area contributed by atoms with Crippen LogP contribution in [0.3, 0.4) is 0 Å². The number of rotatable bonds is 8. The third-order valence-electron chi connectivity index (χ3n) is 2.75. The molecular formula is C12H18N2O6S. The highest BCUT2D eigenvalue weighted by molar-refractivity contribution is 7.89.